The molecule has 1 saturated heterocycles. The minimum atomic E-state index is -4.61. The Morgan fingerprint density at radius 3 is 2.30 bits per heavy atom. The van der Waals surface area contributed by atoms with Crippen molar-refractivity contribution in [2.75, 3.05) is 36.4 Å². The zero-order chi connectivity index (χ0) is 21.3. The Morgan fingerprint density at radius 1 is 1.00 bits per heavy atom. The van der Waals surface area contributed by atoms with Gasteiger partial charge < -0.3 is 15.1 Å². The van der Waals surface area contributed by atoms with Crippen molar-refractivity contribution in [3.63, 3.8) is 0 Å². The van der Waals surface area contributed by atoms with Crippen LogP contribution in [0.3, 0.4) is 0 Å². The van der Waals surface area contributed by atoms with Crippen molar-refractivity contribution in [2.45, 2.75) is 19.0 Å². The Labute approximate surface area is 171 Å². The number of amides is 2. The maximum Gasteiger partial charge on any atom is 0.417 e. The molecule has 1 aromatic heterocycles. The number of pyridine rings is 1. The predicted molar refractivity (Wildman–Crippen MR) is 105 cm³/mol. The van der Waals surface area contributed by atoms with Crippen LogP contribution in [0.15, 0.2) is 42.6 Å². The highest BCUT2D eigenvalue weighted by atomic mass is 19.4. The Balaban J connectivity index is 1.38. The number of halogens is 3. The van der Waals surface area contributed by atoms with E-state index in [2.05, 4.69) is 10.3 Å². The van der Waals surface area contributed by atoms with Gasteiger partial charge in [0.05, 0.1) is 23.0 Å². The van der Waals surface area contributed by atoms with Crippen LogP contribution >= 0.6 is 0 Å². The van der Waals surface area contributed by atoms with E-state index in [1.807, 2.05) is 9.80 Å². The Morgan fingerprint density at radius 2 is 1.70 bits per heavy atom. The van der Waals surface area contributed by atoms with Gasteiger partial charge in [-0.2, -0.15) is 13.2 Å². The average molecular weight is 418 g/mol. The number of nitrogens with zero attached hydrogens (tertiary/aromatic N) is 3. The molecule has 0 radical (unpaired) electrons. The molecule has 1 aliphatic carbocycles. The molecule has 1 saturated carbocycles. The van der Waals surface area contributed by atoms with Crippen LogP contribution in [0.25, 0.3) is 0 Å². The number of hydrogen-bond acceptors (Lipinski definition) is 4. The lowest BCUT2D eigenvalue weighted by molar-refractivity contribution is -0.138. The van der Waals surface area contributed by atoms with Crippen molar-refractivity contribution >= 4 is 23.3 Å². The van der Waals surface area contributed by atoms with Crippen molar-refractivity contribution in [1.29, 1.82) is 0 Å². The van der Waals surface area contributed by atoms with Gasteiger partial charge in [-0.3, -0.25) is 9.59 Å². The van der Waals surface area contributed by atoms with Gasteiger partial charge in [0, 0.05) is 32.1 Å². The zero-order valence-electron chi connectivity index (χ0n) is 16.2. The molecule has 0 unspecified atom stereocenters. The number of aromatic nitrogens is 1. The fraction of sp³-hybridized carbons (Fsp3) is 0.381. The monoisotopic (exact) mass is 418 g/mol. The maximum absolute atomic E-state index is 13.1. The van der Waals surface area contributed by atoms with Crippen LogP contribution in [0, 0.1) is 5.92 Å². The number of carbonyl (C=O) groups excluding carboxylic acids is 2. The van der Waals surface area contributed by atoms with Gasteiger partial charge in [-0.1, -0.05) is 12.1 Å². The molecule has 2 heterocycles. The quantitative estimate of drug-likeness (QED) is 0.827. The Kier molecular flexibility index (Phi) is 5.36. The summed E-state index contributed by atoms with van der Waals surface area (Å²) in [6.45, 7) is 2.61. The van der Waals surface area contributed by atoms with E-state index in [0.717, 1.165) is 25.0 Å². The summed E-state index contributed by atoms with van der Waals surface area (Å²) in [4.78, 5) is 32.7. The Bertz CT molecular complexity index is 934. The average Bonchev–Trinajstić information content (AvgIpc) is 3.59. The topological polar surface area (TPSA) is 65.5 Å². The van der Waals surface area contributed by atoms with Crippen molar-refractivity contribution in [3.8, 4) is 0 Å². The van der Waals surface area contributed by atoms with Crippen molar-refractivity contribution in [1.82, 2.24) is 9.88 Å². The number of rotatable bonds is 4. The largest absolute Gasteiger partial charge is 0.417 e. The molecule has 6 nitrogen and oxygen atoms in total. The first-order valence-electron chi connectivity index (χ1n) is 9.80. The molecular weight excluding hydrogens is 397 g/mol. The number of hydrogen-bond donors (Lipinski definition) is 1. The van der Waals surface area contributed by atoms with Gasteiger partial charge in [-0.25, -0.2) is 4.98 Å². The van der Waals surface area contributed by atoms with Gasteiger partial charge in [-0.15, -0.1) is 0 Å². The first-order chi connectivity index (χ1) is 14.3. The molecule has 1 N–H and O–H groups in total. The summed E-state index contributed by atoms with van der Waals surface area (Å²) in [6, 6.07) is 7.97. The summed E-state index contributed by atoms with van der Waals surface area (Å²) < 4.78 is 39.3. The lowest BCUT2D eigenvalue weighted by Gasteiger charge is -2.35. The number of alkyl halides is 3. The maximum atomic E-state index is 13.1. The minimum Gasteiger partial charge on any atom is -0.353 e. The fourth-order valence-electron chi connectivity index (χ4n) is 3.52. The highest BCUT2D eigenvalue weighted by Gasteiger charge is 2.35. The first-order valence-corrected chi connectivity index (χ1v) is 9.80. The number of carbonyl (C=O) groups is 2. The third-order valence-corrected chi connectivity index (χ3v) is 5.32. The van der Waals surface area contributed by atoms with E-state index in [0.29, 0.717) is 37.7 Å². The lowest BCUT2D eigenvalue weighted by Crippen LogP contribution is -2.49. The second-order valence-electron chi connectivity index (χ2n) is 7.49. The van der Waals surface area contributed by atoms with Crippen LogP contribution in [0.5, 0.6) is 0 Å². The molecule has 30 heavy (non-hydrogen) atoms. The molecule has 4 rings (SSSR count). The molecule has 1 aromatic carbocycles. The van der Waals surface area contributed by atoms with Crippen molar-refractivity contribution in [3.05, 3.63) is 53.7 Å². The highest BCUT2D eigenvalue weighted by Crippen LogP contribution is 2.33. The molecule has 2 aliphatic rings. The lowest BCUT2D eigenvalue weighted by atomic mass is 10.1. The first kappa shape index (κ1) is 20.2. The summed E-state index contributed by atoms with van der Waals surface area (Å²) in [5.74, 6) is 0.298. The van der Waals surface area contributed by atoms with Gasteiger partial charge in [-0.05, 0) is 37.1 Å². The molecular formula is C21H21F3N4O2. The number of benzene rings is 1. The van der Waals surface area contributed by atoms with Crippen LogP contribution in [0.4, 0.5) is 24.7 Å². The molecule has 2 aromatic rings. The molecule has 0 atom stereocenters. The van der Waals surface area contributed by atoms with Gasteiger partial charge in [0.1, 0.15) is 5.82 Å². The van der Waals surface area contributed by atoms with Crippen LogP contribution in [-0.4, -0.2) is 47.9 Å². The summed E-state index contributed by atoms with van der Waals surface area (Å²) in [5.41, 5.74) is -1.11. The smallest absolute Gasteiger partial charge is 0.353 e. The predicted octanol–water partition coefficient (Wildman–Crippen LogP) is 3.41. The molecule has 2 fully saturated rings. The van der Waals surface area contributed by atoms with E-state index in [-0.39, 0.29) is 11.8 Å². The van der Waals surface area contributed by atoms with Crippen molar-refractivity contribution in [2.24, 2.45) is 5.92 Å². The second-order valence-corrected chi connectivity index (χ2v) is 7.49. The van der Waals surface area contributed by atoms with Gasteiger partial charge in [0.25, 0.3) is 5.91 Å². The number of nitrogens with one attached hydrogen (secondary N) is 1. The van der Waals surface area contributed by atoms with E-state index in [4.69, 9.17) is 0 Å². The number of piperazine rings is 1. The van der Waals surface area contributed by atoms with E-state index >= 15 is 0 Å². The molecule has 1 aliphatic heterocycles. The van der Waals surface area contributed by atoms with Gasteiger partial charge in [0.15, 0.2) is 0 Å². The highest BCUT2D eigenvalue weighted by molar-refractivity contribution is 6.05. The normalized spacial score (nSPS) is 17.0. The molecule has 2 amide bonds. The van der Waals surface area contributed by atoms with E-state index in [1.54, 1.807) is 12.1 Å². The van der Waals surface area contributed by atoms with Crippen LogP contribution in [0.2, 0.25) is 0 Å². The molecule has 0 spiro atoms. The summed E-state index contributed by atoms with van der Waals surface area (Å²) in [7, 11) is 0. The minimum absolute atomic E-state index is 0.208. The summed E-state index contributed by atoms with van der Waals surface area (Å²) in [6.07, 6.45) is -1.22. The van der Waals surface area contributed by atoms with Gasteiger partial charge in [0.2, 0.25) is 5.91 Å². The Hall–Kier alpha value is -3.10. The van der Waals surface area contributed by atoms with Crippen LogP contribution in [0.1, 0.15) is 28.8 Å². The standard InChI is InChI=1S/C21H21F3N4O2/c22-21(23,24)17-4-2-1-3-16(17)19(29)26-15-7-8-18(25-13-15)27-9-11-28(12-10-27)20(30)14-5-6-14/h1-4,7-8,13-14H,5-6,9-12H2,(H,26,29). The van der Waals surface area contributed by atoms with E-state index < -0.39 is 23.2 Å². The summed E-state index contributed by atoms with van der Waals surface area (Å²) in [5, 5.41) is 2.47. The number of anilines is 2. The van der Waals surface area contributed by atoms with E-state index in [9.17, 15) is 22.8 Å². The third kappa shape index (κ3) is 4.39. The van der Waals surface area contributed by atoms with Crippen molar-refractivity contribution < 1.29 is 22.8 Å². The zero-order valence-corrected chi connectivity index (χ0v) is 16.2. The van der Waals surface area contributed by atoms with E-state index in [1.165, 1.54) is 18.3 Å². The second kappa shape index (κ2) is 7.97. The van der Waals surface area contributed by atoms with Gasteiger partial charge >= 0.3 is 6.18 Å². The molecule has 0 bridgehead atoms. The van der Waals surface area contributed by atoms with Crippen LogP contribution in [-0.2, 0) is 11.0 Å². The molecule has 9 heteroatoms. The third-order valence-electron chi connectivity index (χ3n) is 5.32. The molecule has 158 valence electrons. The van der Waals surface area contributed by atoms with Crippen LogP contribution < -0.4 is 10.2 Å². The summed E-state index contributed by atoms with van der Waals surface area (Å²) >= 11 is 0. The fourth-order valence-corrected chi connectivity index (χ4v) is 3.52. The SMILES string of the molecule is O=C(Nc1ccc(N2CCN(C(=O)C3CC3)CC2)nc1)c1ccccc1C(F)(F)F.